The number of hydrogen-bond acceptors (Lipinski definition) is 2. The summed E-state index contributed by atoms with van der Waals surface area (Å²) in [6.45, 7) is 3.00. The van der Waals surface area contributed by atoms with Gasteiger partial charge in [-0.05, 0) is 26.4 Å². The third-order valence-corrected chi connectivity index (χ3v) is 1.35. The number of rotatable bonds is 5. The summed E-state index contributed by atoms with van der Waals surface area (Å²) in [5.41, 5.74) is 0. The van der Waals surface area contributed by atoms with E-state index in [4.69, 9.17) is 5.11 Å². The molecular formula is C7H17CuNO. The molecular weight excluding hydrogens is 178 g/mol. The van der Waals surface area contributed by atoms with Gasteiger partial charge < -0.3 is 10.4 Å². The Hall–Kier alpha value is 0.439. The van der Waals surface area contributed by atoms with Crippen LogP contribution in [0.5, 0.6) is 0 Å². The molecule has 67 valence electrons. The molecule has 0 bridgehead atoms. The number of aliphatic hydroxyl groups is 1. The smallest absolute Gasteiger partial charge is 0.0552 e. The summed E-state index contributed by atoms with van der Waals surface area (Å²) in [4.78, 5) is 0. The molecule has 0 saturated carbocycles. The van der Waals surface area contributed by atoms with E-state index in [0.29, 0.717) is 0 Å². The summed E-state index contributed by atoms with van der Waals surface area (Å²) in [5, 5.41) is 12.1. The Bertz CT molecular complexity index is 61.6. The Kier molecular flexibility index (Phi) is 12.3. The first-order valence-corrected chi connectivity index (χ1v) is 3.64. The molecule has 10 heavy (non-hydrogen) atoms. The van der Waals surface area contributed by atoms with Crippen molar-refractivity contribution in [3.05, 3.63) is 0 Å². The first-order valence-electron chi connectivity index (χ1n) is 3.64. The maximum Gasteiger partial charge on any atom is 0.0552 e. The predicted octanol–water partition coefficient (Wildman–Crippen LogP) is 0.754. The van der Waals surface area contributed by atoms with Crippen LogP contribution in [0, 0.1) is 0 Å². The van der Waals surface area contributed by atoms with Gasteiger partial charge in [-0.1, -0.05) is 13.3 Å². The van der Waals surface area contributed by atoms with E-state index in [1.165, 1.54) is 0 Å². The molecule has 0 rings (SSSR count). The quantitative estimate of drug-likeness (QED) is 0.634. The minimum atomic E-state index is -0.0950. The van der Waals surface area contributed by atoms with E-state index in [1.807, 2.05) is 7.05 Å². The van der Waals surface area contributed by atoms with Gasteiger partial charge in [0.25, 0.3) is 0 Å². The average Bonchev–Trinajstić information content (AvgIpc) is 1.85. The van der Waals surface area contributed by atoms with Crippen molar-refractivity contribution in [2.24, 2.45) is 0 Å². The van der Waals surface area contributed by atoms with Crippen molar-refractivity contribution in [1.29, 1.82) is 0 Å². The fourth-order valence-corrected chi connectivity index (χ4v) is 0.789. The van der Waals surface area contributed by atoms with Crippen molar-refractivity contribution in [1.82, 2.24) is 5.32 Å². The summed E-state index contributed by atoms with van der Waals surface area (Å²) >= 11 is 0. The fraction of sp³-hybridized carbons (Fsp3) is 1.00. The van der Waals surface area contributed by atoms with Crippen molar-refractivity contribution in [2.45, 2.75) is 32.3 Å². The molecule has 0 spiro atoms. The van der Waals surface area contributed by atoms with Gasteiger partial charge in [0.05, 0.1) is 6.10 Å². The third kappa shape index (κ3) is 8.44. The molecule has 0 aromatic rings. The van der Waals surface area contributed by atoms with Crippen LogP contribution in [0.4, 0.5) is 0 Å². The Morgan fingerprint density at radius 1 is 1.40 bits per heavy atom. The molecule has 0 heterocycles. The van der Waals surface area contributed by atoms with Gasteiger partial charge >= 0.3 is 0 Å². The van der Waals surface area contributed by atoms with Crippen molar-refractivity contribution in [3.63, 3.8) is 0 Å². The van der Waals surface area contributed by atoms with Crippen molar-refractivity contribution < 1.29 is 22.2 Å². The molecule has 0 aliphatic rings. The second kappa shape index (κ2) is 9.44. The maximum atomic E-state index is 9.14. The van der Waals surface area contributed by atoms with E-state index in [9.17, 15) is 0 Å². The van der Waals surface area contributed by atoms with Gasteiger partial charge in [-0.15, -0.1) is 0 Å². The van der Waals surface area contributed by atoms with Crippen LogP contribution in [0.1, 0.15) is 26.2 Å². The van der Waals surface area contributed by atoms with Gasteiger partial charge in [0.1, 0.15) is 0 Å². The van der Waals surface area contributed by atoms with Crippen LogP contribution < -0.4 is 5.32 Å². The number of hydrogen-bond donors (Lipinski definition) is 2. The van der Waals surface area contributed by atoms with E-state index >= 15 is 0 Å². The van der Waals surface area contributed by atoms with E-state index in [1.54, 1.807) is 0 Å². The molecule has 1 atom stereocenters. The first kappa shape index (κ1) is 13.1. The summed E-state index contributed by atoms with van der Waals surface area (Å²) in [5.74, 6) is 0. The molecule has 2 nitrogen and oxygen atoms in total. The minimum absolute atomic E-state index is 0. The molecule has 0 aromatic heterocycles. The third-order valence-electron chi connectivity index (χ3n) is 1.35. The SMILES string of the molecule is CCCC(O)CCNC.[Cu]. The van der Waals surface area contributed by atoms with Crippen molar-refractivity contribution in [2.75, 3.05) is 13.6 Å². The van der Waals surface area contributed by atoms with Crippen LogP contribution in [0.2, 0.25) is 0 Å². The van der Waals surface area contributed by atoms with E-state index < -0.39 is 0 Å². The van der Waals surface area contributed by atoms with Crippen LogP contribution in [-0.2, 0) is 17.1 Å². The molecule has 0 aromatic carbocycles. The van der Waals surface area contributed by atoms with Gasteiger partial charge in [0.15, 0.2) is 0 Å². The summed E-state index contributed by atoms with van der Waals surface area (Å²) in [6, 6.07) is 0. The van der Waals surface area contributed by atoms with Gasteiger partial charge in [0.2, 0.25) is 0 Å². The topological polar surface area (TPSA) is 32.3 Å². The molecule has 1 radical (unpaired) electrons. The van der Waals surface area contributed by atoms with E-state index in [2.05, 4.69) is 12.2 Å². The second-order valence-corrected chi connectivity index (χ2v) is 2.33. The predicted molar refractivity (Wildman–Crippen MR) is 39.5 cm³/mol. The Morgan fingerprint density at radius 3 is 2.40 bits per heavy atom. The zero-order valence-electron chi connectivity index (χ0n) is 6.65. The Labute approximate surface area is 73.9 Å². The standard InChI is InChI=1S/C7H17NO.Cu/c1-3-4-7(9)5-6-8-2;/h7-9H,3-6H2,1-2H3;. The maximum absolute atomic E-state index is 9.14. The molecule has 1 unspecified atom stereocenters. The molecule has 3 heteroatoms. The van der Waals surface area contributed by atoms with E-state index in [0.717, 1.165) is 25.8 Å². The van der Waals surface area contributed by atoms with Gasteiger partial charge in [0, 0.05) is 17.1 Å². The zero-order valence-corrected chi connectivity index (χ0v) is 7.60. The molecule has 0 saturated heterocycles. The molecule has 0 aliphatic carbocycles. The van der Waals surface area contributed by atoms with Crippen LogP contribution in [0.15, 0.2) is 0 Å². The van der Waals surface area contributed by atoms with Crippen LogP contribution in [-0.4, -0.2) is 24.8 Å². The Morgan fingerprint density at radius 2 is 2.00 bits per heavy atom. The summed E-state index contributed by atoms with van der Waals surface area (Å²) in [6.07, 6.45) is 2.79. The monoisotopic (exact) mass is 194 g/mol. The van der Waals surface area contributed by atoms with Gasteiger partial charge in [-0.3, -0.25) is 0 Å². The zero-order chi connectivity index (χ0) is 7.11. The average molecular weight is 195 g/mol. The molecule has 2 N–H and O–H groups in total. The summed E-state index contributed by atoms with van der Waals surface area (Å²) in [7, 11) is 1.90. The Balaban J connectivity index is 0. The summed E-state index contributed by atoms with van der Waals surface area (Å²) < 4.78 is 0. The van der Waals surface area contributed by atoms with Crippen LogP contribution in [0.3, 0.4) is 0 Å². The normalized spacial score (nSPS) is 12.3. The largest absolute Gasteiger partial charge is 0.393 e. The first-order chi connectivity index (χ1) is 4.31. The second-order valence-electron chi connectivity index (χ2n) is 2.33. The molecule has 0 fully saturated rings. The number of nitrogens with one attached hydrogen (secondary N) is 1. The van der Waals surface area contributed by atoms with Crippen LogP contribution >= 0.6 is 0 Å². The minimum Gasteiger partial charge on any atom is -0.393 e. The van der Waals surface area contributed by atoms with Crippen LogP contribution in [0.25, 0.3) is 0 Å². The van der Waals surface area contributed by atoms with Gasteiger partial charge in [-0.25, -0.2) is 0 Å². The fourth-order valence-electron chi connectivity index (χ4n) is 0.789. The van der Waals surface area contributed by atoms with E-state index in [-0.39, 0.29) is 23.2 Å². The molecule has 0 aliphatic heterocycles. The number of aliphatic hydroxyl groups excluding tert-OH is 1. The van der Waals surface area contributed by atoms with Crippen molar-refractivity contribution >= 4 is 0 Å². The molecule has 0 amide bonds. The van der Waals surface area contributed by atoms with Gasteiger partial charge in [-0.2, -0.15) is 0 Å². The van der Waals surface area contributed by atoms with Crippen molar-refractivity contribution in [3.8, 4) is 0 Å².